The van der Waals surface area contributed by atoms with Crippen molar-refractivity contribution in [2.75, 3.05) is 12.8 Å². The fourth-order valence-corrected chi connectivity index (χ4v) is 3.59. The highest BCUT2D eigenvalue weighted by atomic mass is 35.5. The van der Waals surface area contributed by atoms with Crippen LogP contribution in [0.15, 0.2) is 30.3 Å². The highest BCUT2D eigenvalue weighted by Crippen LogP contribution is 2.29. The third-order valence-corrected chi connectivity index (χ3v) is 5.14. The number of halogens is 1. The molecule has 2 rings (SSSR count). The Hall–Kier alpha value is -2.38. The first-order chi connectivity index (χ1) is 12.7. The maximum absolute atomic E-state index is 12.7. The molecule has 3 N–H and O–H groups in total. The second-order valence-corrected chi connectivity index (χ2v) is 7.87. The maximum Gasteiger partial charge on any atom is 0.328 e. The normalized spacial score (nSPS) is 11.9. The van der Waals surface area contributed by atoms with E-state index in [1.54, 1.807) is 24.3 Å². The predicted octanol–water partition coefficient (Wildman–Crippen LogP) is 3.53. The Bertz CT molecular complexity index is 863. The molecule has 0 spiro atoms. The van der Waals surface area contributed by atoms with Crippen molar-refractivity contribution in [3.63, 3.8) is 0 Å². The van der Waals surface area contributed by atoms with Crippen LogP contribution in [0, 0.1) is 5.92 Å². The molecule has 1 aromatic heterocycles. The van der Waals surface area contributed by atoms with E-state index in [1.165, 1.54) is 13.2 Å². The van der Waals surface area contributed by atoms with Crippen LogP contribution in [0.3, 0.4) is 0 Å². The summed E-state index contributed by atoms with van der Waals surface area (Å²) in [5.41, 5.74) is 6.46. The molecule has 0 unspecified atom stereocenters. The summed E-state index contributed by atoms with van der Waals surface area (Å²) >= 11 is 7.05. The molecular weight excluding hydrogens is 388 g/mol. The molecule has 144 valence electrons. The van der Waals surface area contributed by atoms with Crippen molar-refractivity contribution >= 4 is 45.6 Å². The Morgan fingerprint density at radius 2 is 1.89 bits per heavy atom. The van der Waals surface area contributed by atoms with Gasteiger partial charge in [-0.2, -0.15) is 0 Å². The zero-order chi connectivity index (χ0) is 20.1. The summed E-state index contributed by atoms with van der Waals surface area (Å²) in [5, 5.41) is 3.17. The lowest BCUT2D eigenvalue weighted by Crippen LogP contribution is -2.42. The first-order valence-electron chi connectivity index (χ1n) is 8.31. The molecule has 0 saturated carbocycles. The lowest BCUT2D eigenvalue weighted by molar-refractivity contribution is -0.143. The Morgan fingerprint density at radius 3 is 2.48 bits per heavy atom. The number of nitrogens with one attached hydrogen (secondary N) is 1. The highest BCUT2D eigenvalue weighted by molar-refractivity contribution is 7.18. The van der Waals surface area contributed by atoms with Crippen LogP contribution in [-0.4, -0.2) is 30.8 Å². The molecule has 6 nitrogen and oxygen atoms in total. The van der Waals surface area contributed by atoms with Gasteiger partial charge in [-0.3, -0.25) is 9.59 Å². The third kappa shape index (κ3) is 5.08. The van der Waals surface area contributed by atoms with Crippen LogP contribution in [0.2, 0.25) is 5.02 Å². The number of rotatable bonds is 7. The van der Waals surface area contributed by atoms with E-state index in [0.717, 1.165) is 11.3 Å². The average Bonchev–Trinajstić information content (AvgIpc) is 3.01. The van der Waals surface area contributed by atoms with Crippen molar-refractivity contribution in [2.45, 2.75) is 26.3 Å². The summed E-state index contributed by atoms with van der Waals surface area (Å²) in [7, 11) is 1.27. The number of hydrogen-bond donors (Lipinski definition) is 2. The number of hydrogen-bond acceptors (Lipinski definition) is 6. The molecule has 1 heterocycles. The van der Waals surface area contributed by atoms with Crippen LogP contribution < -0.4 is 11.1 Å². The molecule has 2 aromatic rings. The molecule has 0 aliphatic rings. The van der Waals surface area contributed by atoms with E-state index in [0.29, 0.717) is 17.0 Å². The van der Waals surface area contributed by atoms with E-state index >= 15 is 0 Å². The van der Waals surface area contributed by atoms with Crippen molar-refractivity contribution in [3.05, 3.63) is 51.4 Å². The van der Waals surface area contributed by atoms with Gasteiger partial charge in [0.1, 0.15) is 6.04 Å². The minimum absolute atomic E-state index is 0.181. The lowest BCUT2D eigenvalue weighted by atomic mass is 10.0. The zero-order valence-corrected chi connectivity index (χ0v) is 16.8. The van der Waals surface area contributed by atoms with Gasteiger partial charge in [0.2, 0.25) is 0 Å². The minimum Gasteiger partial charge on any atom is -0.467 e. The van der Waals surface area contributed by atoms with Gasteiger partial charge in [0.05, 0.1) is 27.6 Å². The number of methoxy groups -OCH3 is 1. The van der Waals surface area contributed by atoms with E-state index < -0.39 is 17.9 Å². The summed E-state index contributed by atoms with van der Waals surface area (Å²) in [6.07, 6.45) is 0.435. The molecule has 0 aliphatic carbocycles. The molecule has 0 fully saturated rings. The largest absolute Gasteiger partial charge is 0.467 e. The lowest BCUT2D eigenvalue weighted by Gasteiger charge is -2.17. The number of ether oxygens (including phenoxy) is 1. The number of ketones is 1. The standard InChI is InChI=1S/C19H21ClN2O4S/c1-10(2)8-14(19(25)26-3)22-18(24)15-9-12(17(21)27-15)16(23)11-6-4-5-7-13(11)20/h4-7,9-10,14H,8,21H2,1-3H3,(H,22,24)/t14-/m0/s1. The fourth-order valence-electron chi connectivity index (χ4n) is 2.54. The van der Waals surface area contributed by atoms with Crippen LogP contribution in [0.4, 0.5) is 5.00 Å². The van der Waals surface area contributed by atoms with E-state index in [1.807, 2.05) is 13.8 Å². The molecule has 27 heavy (non-hydrogen) atoms. The number of anilines is 1. The van der Waals surface area contributed by atoms with Gasteiger partial charge in [-0.05, 0) is 30.5 Å². The van der Waals surface area contributed by atoms with Gasteiger partial charge in [-0.15, -0.1) is 11.3 Å². The van der Waals surface area contributed by atoms with Gasteiger partial charge in [0.25, 0.3) is 5.91 Å². The Balaban J connectivity index is 2.24. The molecule has 0 bridgehead atoms. The minimum atomic E-state index is -0.770. The maximum atomic E-state index is 12.7. The average molecular weight is 409 g/mol. The van der Waals surface area contributed by atoms with Crippen LogP contribution in [0.1, 0.15) is 45.9 Å². The van der Waals surface area contributed by atoms with Crippen molar-refractivity contribution in [1.82, 2.24) is 5.32 Å². The summed E-state index contributed by atoms with van der Waals surface area (Å²) in [6, 6.07) is 7.27. The Kier molecular flexibility index (Phi) is 6.98. The van der Waals surface area contributed by atoms with Crippen molar-refractivity contribution < 1.29 is 19.1 Å². The number of nitrogens with two attached hydrogens (primary N) is 1. The van der Waals surface area contributed by atoms with E-state index in [9.17, 15) is 14.4 Å². The Labute approximate surface area is 166 Å². The summed E-state index contributed by atoms with van der Waals surface area (Å²) < 4.78 is 4.74. The number of nitrogen functional groups attached to an aromatic ring is 1. The number of carbonyl (C=O) groups excluding carboxylic acids is 3. The number of benzene rings is 1. The van der Waals surface area contributed by atoms with E-state index in [-0.39, 0.29) is 27.1 Å². The smallest absolute Gasteiger partial charge is 0.328 e. The summed E-state index contributed by atoms with van der Waals surface area (Å²) in [4.78, 5) is 37.4. The van der Waals surface area contributed by atoms with Gasteiger partial charge in [-0.25, -0.2) is 4.79 Å². The molecule has 0 radical (unpaired) electrons. The first-order valence-corrected chi connectivity index (χ1v) is 9.51. The number of esters is 1. The third-order valence-electron chi connectivity index (χ3n) is 3.85. The SMILES string of the molecule is COC(=O)[C@H](CC(C)C)NC(=O)c1cc(C(=O)c2ccccc2Cl)c(N)s1. The molecule has 8 heteroatoms. The van der Waals surface area contributed by atoms with Gasteiger partial charge in [-0.1, -0.05) is 37.6 Å². The van der Waals surface area contributed by atoms with Crippen LogP contribution in [0.25, 0.3) is 0 Å². The molecule has 0 aliphatic heterocycles. The second-order valence-electron chi connectivity index (χ2n) is 6.38. The van der Waals surface area contributed by atoms with Gasteiger partial charge >= 0.3 is 5.97 Å². The van der Waals surface area contributed by atoms with Gasteiger partial charge < -0.3 is 15.8 Å². The molecule has 1 amide bonds. The first kappa shape index (κ1) is 20.9. The Morgan fingerprint density at radius 1 is 1.22 bits per heavy atom. The van der Waals surface area contributed by atoms with Crippen LogP contribution in [0.5, 0.6) is 0 Å². The quantitative estimate of drug-likeness (QED) is 0.539. The number of amides is 1. The van der Waals surface area contributed by atoms with E-state index in [4.69, 9.17) is 22.1 Å². The topological polar surface area (TPSA) is 98.5 Å². The van der Waals surface area contributed by atoms with Gasteiger partial charge in [0.15, 0.2) is 5.78 Å². The molecule has 1 atom stereocenters. The van der Waals surface area contributed by atoms with E-state index in [2.05, 4.69) is 5.32 Å². The van der Waals surface area contributed by atoms with Crippen molar-refractivity contribution in [1.29, 1.82) is 0 Å². The molecule has 1 aromatic carbocycles. The summed E-state index contributed by atoms with van der Waals surface area (Å²) in [5.74, 6) is -1.19. The predicted molar refractivity (Wildman–Crippen MR) is 106 cm³/mol. The highest BCUT2D eigenvalue weighted by Gasteiger charge is 2.26. The zero-order valence-electron chi connectivity index (χ0n) is 15.2. The van der Waals surface area contributed by atoms with Gasteiger partial charge in [0, 0.05) is 5.56 Å². The number of carbonyl (C=O) groups is 3. The van der Waals surface area contributed by atoms with Crippen LogP contribution in [-0.2, 0) is 9.53 Å². The summed E-state index contributed by atoms with van der Waals surface area (Å²) in [6.45, 7) is 3.87. The molecular formula is C19H21ClN2O4S. The monoisotopic (exact) mass is 408 g/mol. The van der Waals surface area contributed by atoms with Crippen molar-refractivity contribution in [3.8, 4) is 0 Å². The fraction of sp³-hybridized carbons (Fsp3) is 0.316. The van der Waals surface area contributed by atoms with Crippen molar-refractivity contribution in [2.24, 2.45) is 5.92 Å². The molecule has 0 saturated heterocycles. The second kappa shape index (κ2) is 9.01. The number of thiophene rings is 1. The van der Waals surface area contributed by atoms with Crippen LogP contribution >= 0.6 is 22.9 Å².